The van der Waals surface area contributed by atoms with Gasteiger partial charge in [0.25, 0.3) is 5.91 Å². The van der Waals surface area contributed by atoms with E-state index < -0.39 is 11.9 Å². The zero-order chi connectivity index (χ0) is 25.8. The van der Waals surface area contributed by atoms with Crippen molar-refractivity contribution in [2.45, 2.75) is 32.1 Å². The second-order valence-electron chi connectivity index (χ2n) is 8.77. The predicted molar refractivity (Wildman–Crippen MR) is 144 cm³/mol. The third-order valence-electron chi connectivity index (χ3n) is 6.35. The number of carboxylic acids is 1. The van der Waals surface area contributed by atoms with E-state index in [4.69, 9.17) is 32.7 Å². The first-order chi connectivity index (χ1) is 17.3. The maximum absolute atomic E-state index is 12.6. The first kappa shape index (κ1) is 26.5. The van der Waals surface area contributed by atoms with Gasteiger partial charge in [0.1, 0.15) is 17.2 Å². The van der Waals surface area contributed by atoms with E-state index in [0.29, 0.717) is 58.9 Å². The van der Waals surface area contributed by atoms with Crippen LogP contribution in [0.2, 0.25) is 5.02 Å². The molecule has 0 bridgehead atoms. The SMILES string of the molecule is CSC1=C(CCNC(=O)c2ccc(Oc3cc4c(cc3Cl)C(C(=O)O)CCO4)cc2)C(C)CC(Cl)=C1. The molecule has 9 heteroatoms. The van der Waals surface area contributed by atoms with Crippen LogP contribution < -0.4 is 14.8 Å². The summed E-state index contributed by atoms with van der Waals surface area (Å²) in [4.78, 5) is 25.3. The minimum absolute atomic E-state index is 0.162. The van der Waals surface area contributed by atoms with Crippen LogP contribution in [-0.4, -0.2) is 36.4 Å². The molecule has 2 aromatic carbocycles. The molecule has 0 radical (unpaired) electrons. The second-order valence-corrected chi connectivity index (χ2v) is 10.5. The van der Waals surface area contributed by atoms with Crippen molar-refractivity contribution in [1.29, 1.82) is 0 Å². The second kappa shape index (κ2) is 11.6. The van der Waals surface area contributed by atoms with Crippen molar-refractivity contribution in [3.05, 3.63) is 74.1 Å². The average Bonchev–Trinajstić information content (AvgIpc) is 2.85. The molecule has 2 unspecified atom stereocenters. The Morgan fingerprint density at radius 3 is 2.67 bits per heavy atom. The van der Waals surface area contributed by atoms with Gasteiger partial charge in [0.15, 0.2) is 0 Å². The third kappa shape index (κ3) is 6.02. The van der Waals surface area contributed by atoms with Gasteiger partial charge in [0, 0.05) is 33.7 Å². The lowest BCUT2D eigenvalue weighted by molar-refractivity contribution is -0.139. The van der Waals surface area contributed by atoms with Crippen molar-refractivity contribution in [1.82, 2.24) is 5.32 Å². The number of benzene rings is 2. The van der Waals surface area contributed by atoms with Gasteiger partial charge in [-0.15, -0.1) is 11.8 Å². The Kier molecular flexibility index (Phi) is 8.54. The van der Waals surface area contributed by atoms with Gasteiger partial charge in [-0.3, -0.25) is 9.59 Å². The number of hydrogen-bond donors (Lipinski definition) is 2. The molecule has 2 atom stereocenters. The van der Waals surface area contributed by atoms with E-state index in [1.54, 1.807) is 48.2 Å². The molecule has 2 aliphatic rings. The number of hydrogen-bond acceptors (Lipinski definition) is 5. The van der Waals surface area contributed by atoms with E-state index in [0.717, 1.165) is 17.9 Å². The summed E-state index contributed by atoms with van der Waals surface area (Å²) in [6.45, 7) is 3.01. The lowest BCUT2D eigenvalue weighted by Crippen LogP contribution is -2.25. The molecule has 1 amide bonds. The van der Waals surface area contributed by atoms with Crippen LogP contribution in [0.3, 0.4) is 0 Å². The highest BCUT2D eigenvalue weighted by molar-refractivity contribution is 8.02. The normalized spacial score (nSPS) is 19.2. The fraction of sp³-hybridized carbons (Fsp3) is 0.333. The lowest BCUT2D eigenvalue weighted by Gasteiger charge is -2.24. The number of rotatable bonds is 8. The molecule has 1 aliphatic carbocycles. The van der Waals surface area contributed by atoms with Gasteiger partial charge in [0.05, 0.1) is 17.5 Å². The Morgan fingerprint density at radius 2 is 1.97 bits per heavy atom. The Morgan fingerprint density at radius 1 is 1.22 bits per heavy atom. The number of aliphatic carboxylic acids is 1. The molecule has 6 nitrogen and oxygen atoms in total. The summed E-state index contributed by atoms with van der Waals surface area (Å²) < 4.78 is 11.5. The van der Waals surface area contributed by atoms with Gasteiger partial charge in [0.2, 0.25) is 0 Å². The number of carbonyl (C=O) groups excluding carboxylic acids is 1. The van der Waals surface area contributed by atoms with Crippen LogP contribution in [0, 0.1) is 5.92 Å². The molecule has 4 rings (SSSR count). The molecule has 0 fully saturated rings. The van der Waals surface area contributed by atoms with Gasteiger partial charge in [-0.25, -0.2) is 0 Å². The molecular formula is C27H27Cl2NO5S. The molecule has 190 valence electrons. The molecule has 1 heterocycles. The fourth-order valence-corrected chi connectivity index (χ4v) is 5.89. The Hall–Kier alpha value is -2.61. The highest BCUT2D eigenvalue weighted by atomic mass is 35.5. The van der Waals surface area contributed by atoms with Crippen molar-refractivity contribution in [2.75, 3.05) is 19.4 Å². The summed E-state index contributed by atoms with van der Waals surface area (Å²) in [5, 5.41) is 13.6. The number of allylic oxidation sites excluding steroid dienone is 2. The minimum Gasteiger partial charge on any atom is -0.493 e. The summed E-state index contributed by atoms with van der Waals surface area (Å²) in [5.74, 6) is -0.0696. The summed E-state index contributed by atoms with van der Waals surface area (Å²) in [5.41, 5.74) is 2.38. The number of halogens is 2. The molecule has 2 aromatic rings. The van der Waals surface area contributed by atoms with E-state index in [1.165, 1.54) is 10.5 Å². The standard InChI is InChI=1S/C27H27Cl2NO5S/c1-15-11-17(28)12-25(36-2)19(15)7-9-30-26(31)16-3-5-18(6-4-16)35-24-14-23-21(13-22(24)29)20(27(32)33)8-10-34-23/h3-6,12-15,20H,7-11H2,1-2H3,(H,30,31)(H,32,33). The molecule has 0 saturated carbocycles. The summed E-state index contributed by atoms with van der Waals surface area (Å²) >= 11 is 14.3. The molecule has 0 spiro atoms. The van der Waals surface area contributed by atoms with Crippen LogP contribution in [-0.2, 0) is 4.79 Å². The summed E-state index contributed by atoms with van der Waals surface area (Å²) in [6.07, 6.45) is 6.05. The number of carboxylic acid groups (broad SMARTS) is 1. The summed E-state index contributed by atoms with van der Waals surface area (Å²) in [6, 6.07) is 9.95. The van der Waals surface area contributed by atoms with Crippen molar-refractivity contribution in [3.63, 3.8) is 0 Å². The van der Waals surface area contributed by atoms with E-state index in [-0.39, 0.29) is 5.91 Å². The maximum Gasteiger partial charge on any atom is 0.311 e. The van der Waals surface area contributed by atoms with Crippen LogP contribution in [0.5, 0.6) is 17.2 Å². The van der Waals surface area contributed by atoms with Gasteiger partial charge in [-0.1, -0.05) is 35.7 Å². The van der Waals surface area contributed by atoms with Gasteiger partial charge < -0.3 is 19.9 Å². The van der Waals surface area contributed by atoms with Crippen LogP contribution in [0.25, 0.3) is 0 Å². The van der Waals surface area contributed by atoms with E-state index >= 15 is 0 Å². The van der Waals surface area contributed by atoms with Gasteiger partial charge in [-0.05, 0) is 67.8 Å². The zero-order valence-corrected chi connectivity index (χ0v) is 22.3. The Balaban J connectivity index is 1.38. The largest absolute Gasteiger partial charge is 0.493 e. The first-order valence-corrected chi connectivity index (χ1v) is 13.6. The van der Waals surface area contributed by atoms with E-state index in [2.05, 4.69) is 12.2 Å². The van der Waals surface area contributed by atoms with Gasteiger partial charge in [-0.2, -0.15) is 0 Å². The fourth-order valence-electron chi connectivity index (χ4n) is 4.45. The topological polar surface area (TPSA) is 84.9 Å². The minimum atomic E-state index is -0.908. The highest BCUT2D eigenvalue weighted by Gasteiger charge is 2.29. The third-order valence-corrected chi connectivity index (χ3v) is 7.72. The number of amides is 1. The summed E-state index contributed by atoms with van der Waals surface area (Å²) in [7, 11) is 0. The quantitative estimate of drug-likeness (QED) is 0.370. The first-order valence-electron chi connectivity index (χ1n) is 11.6. The Bertz CT molecular complexity index is 1230. The number of ether oxygens (including phenoxy) is 2. The number of thioether (sulfide) groups is 1. The maximum atomic E-state index is 12.6. The number of nitrogens with one attached hydrogen (secondary N) is 1. The van der Waals surface area contributed by atoms with Crippen LogP contribution >= 0.6 is 35.0 Å². The van der Waals surface area contributed by atoms with Crippen LogP contribution in [0.4, 0.5) is 0 Å². The molecule has 36 heavy (non-hydrogen) atoms. The lowest BCUT2D eigenvalue weighted by atomic mass is 9.90. The molecule has 1 aliphatic heterocycles. The molecule has 2 N–H and O–H groups in total. The number of fused-ring (bicyclic) bond motifs is 1. The monoisotopic (exact) mass is 547 g/mol. The smallest absolute Gasteiger partial charge is 0.311 e. The van der Waals surface area contributed by atoms with Crippen molar-refractivity contribution in [3.8, 4) is 17.2 Å². The van der Waals surface area contributed by atoms with Crippen molar-refractivity contribution < 1.29 is 24.2 Å². The average molecular weight is 548 g/mol. The van der Waals surface area contributed by atoms with E-state index in [9.17, 15) is 14.7 Å². The van der Waals surface area contributed by atoms with E-state index in [1.807, 2.05) is 12.3 Å². The van der Waals surface area contributed by atoms with Crippen molar-refractivity contribution in [2.24, 2.45) is 5.92 Å². The van der Waals surface area contributed by atoms with Crippen molar-refractivity contribution >= 4 is 46.8 Å². The van der Waals surface area contributed by atoms with Crippen LogP contribution in [0.15, 0.2) is 58.0 Å². The number of carbonyl (C=O) groups is 2. The molecule has 0 aromatic heterocycles. The zero-order valence-electron chi connectivity index (χ0n) is 20.0. The Labute approximate surface area is 224 Å². The molecule has 0 saturated heterocycles. The highest BCUT2D eigenvalue weighted by Crippen LogP contribution is 2.42. The molecular weight excluding hydrogens is 521 g/mol. The predicted octanol–water partition coefficient (Wildman–Crippen LogP) is 6.98. The van der Waals surface area contributed by atoms with Crippen LogP contribution in [0.1, 0.15) is 48.0 Å². The van der Waals surface area contributed by atoms with Gasteiger partial charge >= 0.3 is 5.97 Å².